The second-order valence-electron chi connectivity index (χ2n) is 4.50. The van der Waals surface area contributed by atoms with Crippen LogP contribution >= 0.6 is 11.3 Å². The molecule has 0 spiro atoms. The van der Waals surface area contributed by atoms with Crippen LogP contribution in [-0.2, 0) is 6.54 Å². The van der Waals surface area contributed by atoms with E-state index in [1.807, 2.05) is 0 Å². The van der Waals surface area contributed by atoms with Crippen LogP contribution in [-0.4, -0.2) is 40.9 Å². The van der Waals surface area contributed by atoms with Crippen LogP contribution in [0.5, 0.6) is 0 Å². The van der Waals surface area contributed by atoms with Gasteiger partial charge in [-0.05, 0) is 18.9 Å². The van der Waals surface area contributed by atoms with E-state index in [1.54, 1.807) is 11.3 Å². The molecule has 1 aromatic heterocycles. The Balaban J connectivity index is 1.91. The van der Waals surface area contributed by atoms with Crippen molar-refractivity contribution in [3.63, 3.8) is 0 Å². The molecule has 1 saturated carbocycles. The molecule has 0 aliphatic heterocycles. The topological polar surface area (TPSA) is 43.7 Å². The van der Waals surface area contributed by atoms with Gasteiger partial charge in [-0.25, -0.2) is 0 Å². The van der Waals surface area contributed by atoms with E-state index in [0.717, 1.165) is 18.7 Å². The highest BCUT2D eigenvalue weighted by atomic mass is 32.1. The molecule has 0 amide bonds. The van der Waals surface area contributed by atoms with E-state index in [0.29, 0.717) is 12.5 Å². The number of hydrogen-bond donors (Lipinski definition) is 2. The summed E-state index contributed by atoms with van der Waals surface area (Å²) < 4.78 is 0. The van der Waals surface area contributed by atoms with Crippen molar-refractivity contribution in [3.8, 4) is 11.8 Å². The molecule has 1 aliphatic rings. The fourth-order valence-corrected chi connectivity index (χ4v) is 2.75. The van der Waals surface area contributed by atoms with Crippen LogP contribution in [0, 0.1) is 11.8 Å². The van der Waals surface area contributed by atoms with E-state index >= 15 is 0 Å². The van der Waals surface area contributed by atoms with Crippen LogP contribution in [0.4, 0.5) is 0 Å². The highest BCUT2D eigenvalue weighted by Crippen LogP contribution is 2.29. The summed E-state index contributed by atoms with van der Waals surface area (Å²) in [5, 5.41) is 19.8. The van der Waals surface area contributed by atoms with E-state index in [-0.39, 0.29) is 13.2 Å². The summed E-state index contributed by atoms with van der Waals surface area (Å²) >= 11 is 1.72. The minimum atomic E-state index is 0.121. The Bertz CT molecular complexity index is 428. The van der Waals surface area contributed by atoms with Crippen LogP contribution < -0.4 is 0 Å². The Morgan fingerprint density at radius 2 is 2.17 bits per heavy atom. The third-order valence-corrected chi connectivity index (χ3v) is 3.85. The maximum atomic E-state index is 9.06. The predicted octanol–water partition coefficient (Wildman–Crippen LogP) is 1.44. The van der Waals surface area contributed by atoms with E-state index < -0.39 is 0 Å². The Labute approximate surface area is 112 Å². The van der Waals surface area contributed by atoms with Crippen molar-refractivity contribution in [1.29, 1.82) is 0 Å². The zero-order valence-corrected chi connectivity index (χ0v) is 11.2. The molecule has 98 valence electrons. The molecule has 4 heteroatoms. The second-order valence-corrected chi connectivity index (χ2v) is 5.50. The van der Waals surface area contributed by atoms with Gasteiger partial charge >= 0.3 is 0 Å². The van der Waals surface area contributed by atoms with Crippen molar-refractivity contribution in [2.45, 2.75) is 31.8 Å². The van der Waals surface area contributed by atoms with Crippen molar-refractivity contribution in [2.75, 3.05) is 19.8 Å². The summed E-state index contributed by atoms with van der Waals surface area (Å²) in [5.41, 5.74) is 1.03. The van der Waals surface area contributed by atoms with Gasteiger partial charge in [0.2, 0.25) is 0 Å². The number of hydrogen-bond acceptors (Lipinski definition) is 4. The number of aliphatic hydroxyl groups excluding tert-OH is 2. The normalized spacial score (nSPS) is 14.6. The van der Waals surface area contributed by atoms with E-state index in [2.05, 4.69) is 28.2 Å². The van der Waals surface area contributed by atoms with Crippen LogP contribution in [0.1, 0.15) is 29.7 Å². The van der Waals surface area contributed by atoms with Crippen molar-refractivity contribution < 1.29 is 10.2 Å². The van der Waals surface area contributed by atoms with E-state index in [4.69, 9.17) is 10.2 Å². The molecule has 0 bridgehead atoms. The molecular formula is C14H19NO2S. The Hall–Kier alpha value is -0.860. The summed E-state index contributed by atoms with van der Waals surface area (Å²) in [4.78, 5) is 3.64. The number of aliphatic hydroxyl groups is 2. The zero-order valence-electron chi connectivity index (χ0n) is 10.4. The molecule has 1 aromatic rings. The maximum absolute atomic E-state index is 9.06. The van der Waals surface area contributed by atoms with Gasteiger partial charge < -0.3 is 10.2 Å². The quantitative estimate of drug-likeness (QED) is 0.765. The third-order valence-electron chi connectivity index (χ3n) is 2.93. The first-order chi connectivity index (χ1) is 8.83. The molecule has 0 atom stereocenters. The van der Waals surface area contributed by atoms with E-state index in [9.17, 15) is 0 Å². The standard InChI is InChI=1S/C14H19NO2S/c16-7-2-1-3-12-9-14(18-11-12)10-15(6-8-17)13-4-5-13/h9,11,13,16-17H,2,4-8,10H2. The molecule has 0 radical (unpaired) electrons. The highest BCUT2D eigenvalue weighted by Gasteiger charge is 2.28. The summed E-state index contributed by atoms with van der Waals surface area (Å²) in [7, 11) is 0. The fourth-order valence-electron chi connectivity index (χ4n) is 1.91. The van der Waals surface area contributed by atoms with Crippen LogP contribution in [0.2, 0.25) is 0 Å². The third kappa shape index (κ3) is 4.11. The summed E-state index contributed by atoms with van der Waals surface area (Å²) in [6.45, 7) is 2.02. The van der Waals surface area contributed by atoms with Crippen molar-refractivity contribution in [1.82, 2.24) is 4.90 Å². The highest BCUT2D eigenvalue weighted by molar-refractivity contribution is 7.10. The molecule has 2 rings (SSSR count). The molecule has 1 fully saturated rings. The monoisotopic (exact) mass is 265 g/mol. The van der Waals surface area contributed by atoms with Gasteiger partial charge in [0.15, 0.2) is 0 Å². The lowest BCUT2D eigenvalue weighted by Crippen LogP contribution is -2.28. The zero-order chi connectivity index (χ0) is 12.8. The summed E-state index contributed by atoms with van der Waals surface area (Å²) in [6, 6.07) is 2.78. The van der Waals surface area contributed by atoms with E-state index in [1.165, 1.54) is 17.7 Å². The lowest BCUT2D eigenvalue weighted by molar-refractivity contribution is 0.184. The molecule has 0 saturated heterocycles. The molecule has 1 heterocycles. The van der Waals surface area contributed by atoms with Gasteiger partial charge in [-0.3, -0.25) is 4.90 Å². The first-order valence-corrected chi connectivity index (χ1v) is 7.23. The molecule has 3 nitrogen and oxygen atoms in total. The molecule has 0 aromatic carbocycles. The van der Waals surface area contributed by atoms with Gasteiger partial charge in [-0.2, -0.15) is 0 Å². The number of thiophene rings is 1. The first kappa shape index (κ1) is 13.6. The minimum absolute atomic E-state index is 0.121. The van der Waals surface area contributed by atoms with Gasteiger partial charge in [0, 0.05) is 41.4 Å². The fraction of sp³-hybridized carbons (Fsp3) is 0.571. The van der Waals surface area contributed by atoms with Gasteiger partial charge in [-0.1, -0.05) is 11.8 Å². The SMILES string of the molecule is OCCC#Cc1csc(CN(CCO)C2CC2)c1. The maximum Gasteiger partial charge on any atom is 0.0558 e. The lowest BCUT2D eigenvalue weighted by Gasteiger charge is -2.19. The molecule has 0 unspecified atom stereocenters. The van der Waals surface area contributed by atoms with Gasteiger partial charge in [0.05, 0.1) is 13.2 Å². The lowest BCUT2D eigenvalue weighted by atomic mass is 10.3. The minimum Gasteiger partial charge on any atom is -0.395 e. The predicted molar refractivity (Wildman–Crippen MR) is 73.4 cm³/mol. The van der Waals surface area contributed by atoms with Gasteiger partial charge in [-0.15, -0.1) is 11.3 Å². The largest absolute Gasteiger partial charge is 0.395 e. The first-order valence-electron chi connectivity index (χ1n) is 6.35. The van der Waals surface area contributed by atoms with Crippen molar-refractivity contribution >= 4 is 11.3 Å². The average molecular weight is 265 g/mol. The molecular weight excluding hydrogens is 246 g/mol. The number of rotatable bonds is 6. The number of nitrogens with zero attached hydrogens (tertiary/aromatic N) is 1. The molecule has 1 aliphatic carbocycles. The second kappa shape index (κ2) is 6.91. The van der Waals surface area contributed by atoms with Crippen molar-refractivity contribution in [3.05, 3.63) is 21.9 Å². The molecule has 2 N–H and O–H groups in total. The van der Waals surface area contributed by atoms with Crippen molar-refractivity contribution in [2.24, 2.45) is 0 Å². The van der Waals surface area contributed by atoms with Gasteiger partial charge in [0.1, 0.15) is 0 Å². The Morgan fingerprint density at radius 1 is 1.33 bits per heavy atom. The smallest absolute Gasteiger partial charge is 0.0558 e. The summed E-state index contributed by atoms with van der Waals surface area (Å²) in [6.07, 6.45) is 3.05. The van der Waals surface area contributed by atoms with Crippen LogP contribution in [0.3, 0.4) is 0 Å². The Morgan fingerprint density at radius 3 is 2.83 bits per heavy atom. The van der Waals surface area contributed by atoms with Crippen LogP contribution in [0.15, 0.2) is 11.4 Å². The average Bonchev–Trinajstić information content (AvgIpc) is 3.12. The summed E-state index contributed by atoms with van der Waals surface area (Å²) in [5.74, 6) is 5.98. The molecule has 18 heavy (non-hydrogen) atoms. The van der Waals surface area contributed by atoms with Crippen LogP contribution in [0.25, 0.3) is 0 Å². The van der Waals surface area contributed by atoms with Gasteiger partial charge in [0.25, 0.3) is 0 Å². The Kier molecular flexibility index (Phi) is 5.21.